The Balaban J connectivity index is 2.75. The standard InChI is InChI=1S/C8H8S2/c9-6-8(10)7-4-2-1-3-5-7/h1-5,8H,6H2. The second-order valence-corrected chi connectivity index (χ2v) is 2.97. The molecule has 52 valence electrons. The number of hydrogen-bond donors (Lipinski definition) is 0. The van der Waals surface area contributed by atoms with Gasteiger partial charge in [-0.05, 0) is 5.56 Å². The molecule has 0 nitrogen and oxygen atoms in total. The van der Waals surface area contributed by atoms with Gasteiger partial charge in [-0.15, -0.1) is 0 Å². The number of benzene rings is 1. The van der Waals surface area contributed by atoms with Crippen LogP contribution in [-0.4, -0.2) is 5.75 Å². The molecule has 2 heteroatoms. The van der Waals surface area contributed by atoms with E-state index < -0.39 is 0 Å². The normalized spacial score (nSPS) is 13.0. The van der Waals surface area contributed by atoms with Gasteiger partial charge in [0.05, 0.1) is 0 Å². The van der Waals surface area contributed by atoms with Gasteiger partial charge in [0.2, 0.25) is 0 Å². The molecule has 0 saturated carbocycles. The van der Waals surface area contributed by atoms with Crippen LogP contribution in [0.25, 0.3) is 0 Å². The van der Waals surface area contributed by atoms with E-state index in [9.17, 15) is 0 Å². The summed E-state index contributed by atoms with van der Waals surface area (Å²) in [6.07, 6.45) is 0. The molecule has 10 heavy (non-hydrogen) atoms. The maximum atomic E-state index is 5.10. The predicted molar refractivity (Wildman–Crippen MR) is 49.2 cm³/mol. The second kappa shape index (κ2) is 3.94. The molecule has 0 aliphatic heterocycles. The van der Waals surface area contributed by atoms with E-state index in [4.69, 9.17) is 25.3 Å². The van der Waals surface area contributed by atoms with Gasteiger partial charge in [-0.2, -0.15) is 0 Å². The summed E-state index contributed by atoms with van der Waals surface area (Å²) in [4.78, 5) is 0. The lowest BCUT2D eigenvalue weighted by Crippen LogP contribution is -1.89. The van der Waals surface area contributed by atoms with Crippen molar-refractivity contribution in [3.05, 3.63) is 35.9 Å². The fraction of sp³-hybridized carbons (Fsp3) is 0.250. The molecule has 0 saturated heterocycles. The van der Waals surface area contributed by atoms with Crippen molar-refractivity contribution in [3.8, 4) is 0 Å². The third-order valence-electron chi connectivity index (χ3n) is 1.32. The van der Waals surface area contributed by atoms with Gasteiger partial charge in [0.25, 0.3) is 0 Å². The zero-order valence-electron chi connectivity index (χ0n) is 5.49. The molecule has 1 atom stereocenters. The van der Waals surface area contributed by atoms with Crippen LogP contribution in [0.3, 0.4) is 0 Å². The fourth-order valence-corrected chi connectivity index (χ4v) is 1.11. The molecule has 0 fully saturated rings. The molecular formula is C8H8S2. The van der Waals surface area contributed by atoms with E-state index in [1.54, 1.807) is 0 Å². The van der Waals surface area contributed by atoms with Gasteiger partial charge in [-0.1, -0.05) is 55.6 Å². The van der Waals surface area contributed by atoms with Crippen molar-refractivity contribution in [1.29, 1.82) is 0 Å². The molecule has 0 bridgehead atoms. The van der Waals surface area contributed by atoms with Gasteiger partial charge in [0, 0.05) is 11.0 Å². The Morgan fingerprint density at radius 1 is 1.20 bits per heavy atom. The predicted octanol–water partition coefficient (Wildman–Crippen LogP) is 3.12. The number of rotatable bonds is 2. The van der Waals surface area contributed by atoms with E-state index in [0.29, 0.717) is 5.75 Å². The van der Waals surface area contributed by atoms with Gasteiger partial charge < -0.3 is 0 Å². The largest absolute Gasteiger partial charge is 0.0926 e. The summed E-state index contributed by atoms with van der Waals surface area (Å²) in [5.74, 6) is 0.624. The van der Waals surface area contributed by atoms with Crippen molar-refractivity contribution in [3.63, 3.8) is 0 Å². The van der Waals surface area contributed by atoms with E-state index in [0.717, 1.165) is 5.56 Å². The van der Waals surface area contributed by atoms with Crippen LogP contribution in [0.15, 0.2) is 30.3 Å². The molecule has 1 rings (SSSR count). The Hall–Kier alpha value is -0.0800. The van der Waals surface area contributed by atoms with Crippen molar-refractivity contribution in [2.45, 2.75) is 5.25 Å². The Morgan fingerprint density at radius 2 is 1.80 bits per heavy atom. The van der Waals surface area contributed by atoms with E-state index in [1.807, 2.05) is 30.3 Å². The molecule has 1 unspecified atom stereocenters. The number of hydrogen-bond acceptors (Lipinski definition) is 0. The van der Waals surface area contributed by atoms with E-state index in [-0.39, 0.29) is 5.25 Å². The minimum Gasteiger partial charge on any atom is -0.0926 e. The van der Waals surface area contributed by atoms with Gasteiger partial charge in [-0.25, -0.2) is 0 Å². The van der Waals surface area contributed by atoms with Crippen LogP contribution in [0, 0.1) is 0 Å². The quantitative estimate of drug-likeness (QED) is 0.636. The fourth-order valence-electron chi connectivity index (χ4n) is 0.764. The average Bonchev–Trinajstić information content (AvgIpc) is 2.05. The van der Waals surface area contributed by atoms with Gasteiger partial charge >= 0.3 is 0 Å². The molecule has 0 aliphatic carbocycles. The van der Waals surface area contributed by atoms with Crippen LogP contribution in [-0.2, 0) is 0 Å². The Bertz CT molecular complexity index is 184. The molecule has 0 amide bonds. The average molecular weight is 168 g/mol. The second-order valence-electron chi connectivity index (χ2n) is 2.07. The topological polar surface area (TPSA) is 0 Å². The van der Waals surface area contributed by atoms with Crippen LogP contribution >= 0.6 is 25.3 Å². The summed E-state index contributed by atoms with van der Waals surface area (Å²) < 4.78 is 0. The van der Waals surface area contributed by atoms with Crippen LogP contribution in [0.2, 0.25) is 0 Å². The summed E-state index contributed by atoms with van der Waals surface area (Å²) in [7, 11) is 0. The highest BCUT2D eigenvalue weighted by molar-refractivity contribution is 7.84. The Morgan fingerprint density at radius 3 is 2.30 bits per heavy atom. The first-order valence-electron chi connectivity index (χ1n) is 3.13. The lowest BCUT2D eigenvalue weighted by molar-refractivity contribution is 1.13. The first-order chi connectivity index (χ1) is 4.84. The molecule has 0 spiro atoms. The highest BCUT2D eigenvalue weighted by atomic mass is 32.1. The third-order valence-corrected chi connectivity index (χ3v) is 2.31. The molecule has 0 aliphatic rings. The molecular weight excluding hydrogens is 160 g/mol. The van der Waals surface area contributed by atoms with Crippen LogP contribution in [0.5, 0.6) is 0 Å². The lowest BCUT2D eigenvalue weighted by Gasteiger charge is -2.03. The molecule has 1 aromatic rings. The van der Waals surface area contributed by atoms with Crippen molar-refractivity contribution < 1.29 is 0 Å². The monoisotopic (exact) mass is 168 g/mol. The van der Waals surface area contributed by atoms with Gasteiger partial charge in [0.1, 0.15) is 0 Å². The summed E-state index contributed by atoms with van der Waals surface area (Å²) in [6, 6.07) is 9.99. The van der Waals surface area contributed by atoms with E-state index >= 15 is 0 Å². The van der Waals surface area contributed by atoms with Gasteiger partial charge in [0.15, 0.2) is 0 Å². The van der Waals surface area contributed by atoms with Crippen LogP contribution < -0.4 is 0 Å². The lowest BCUT2D eigenvalue weighted by atomic mass is 10.2. The van der Waals surface area contributed by atoms with Crippen molar-refractivity contribution in [1.82, 2.24) is 0 Å². The molecule has 0 aromatic heterocycles. The zero-order valence-corrected chi connectivity index (χ0v) is 7.12. The van der Waals surface area contributed by atoms with E-state index in [1.165, 1.54) is 0 Å². The van der Waals surface area contributed by atoms with E-state index in [2.05, 4.69) is 0 Å². The minimum atomic E-state index is 0.108. The maximum Gasteiger partial charge on any atom is 0.0499 e. The van der Waals surface area contributed by atoms with Crippen molar-refractivity contribution >= 4 is 25.3 Å². The Labute approximate surface area is 72.5 Å². The third kappa shape index (κ3) is 1.96. The van der Waals surface area contributed by atoms with Crippen molar-refractivity contribution in [2.75, 3.05) is 5.75 Å². The summed E-state index contributed by atoms with van der Waals surface area (Å²) >= 11 is 9.95. The maximum absolute atomic E-state index is 5.10. The molecule has 1 aromatic carbocycles. The molecule has 0 heterocycles. The molecule has 2 radical (unpaired) electrons. The van der Waals surface area contributed by atoms with Crippen molar-refractivity contribution in [2.24, 2.45) is 0 Å². The summed E-state index contributed by atoms with van der Waals surface area (Å²) in [6.45, 7) is 0. The minimum absolute atomic E-state index is 0.108. The van der Waals surface area contributed by atoms with Gasteiger partial charge in [-0.3, -0.25) is 0 Å². The first-order valence-corrected chi connectivity index (χ1v) is 4.18. The highest BCUT2D eigenvalue weighted by Crippen LogP contribution is 2.19. The zero-order chi connectivity index (χ0) is 7.40. The highest BCUT2D eigenvalue weighted by Gasteiger charge is 2.02. The SMILES string of the molecule is [S]CC([S])c1ccccc1. The van der Waals surface area contributed by atoms with Crippen LogP contribution in [0.4, 0.5) is 0 Å². The summed E-state index contributed by atoms with van der Waals surface area (Å²) in [5.41, 5.74) is 1.16. The smallest absolute Gasteiger partial charge is 0.0499 e. The molecule has 0 N–H and O–H groups in total. The first kappa shape index (κ1) is 8.02. The van der Waals surface area contributed by atoms with Crippen LogP contribution in [0.1, 0.15) is 10.8 Å². The summed E-state index contributed by atoms with van der Waals surface area (Å²) in [5, 5.41) is 0.108. The Kier molecular flexibility index (Phi) is 3.16.